The third-order valence-electron chi connectivity index (χ3n) is 3.11. The van der Waals surface area contributed by atoms with Gasteiger partial charge < -0.3 is 9.84 Å². The molecule has 0 aliphatic heterocycles. The summed E-state index contributed by atoms with van der Waals surface area (Å²) in [6, 6.07) is 11.1. The molecule has 4 nitrogen and oxygen atoms in total. The van der Waals surface area contributed by atoms with Crippen LogP contribution in [0.4, 0.5) is 0 Å². The van der Waals surface area contributed by atoms with Gasteiger partial charge >= 0.3 is 0 Å². The number of Topliss-reactive ketones (excluding diaryl/α,β-unsaturated/α-hetero) is 1. The smallest absolute Gasteiger partial charge is 0.167 e. The fourth-order valence-electron chi connectivity index (χ4n) is 2.01. The van der Waals surface area contributed by atoms with E-state index < -0.39 is 6.10 Å². The van der Waals surface area contributed by atoms with Crippen LogP contribution in [-0.2, 0) is 11.2 Å². The molecule has 1 aromatic heterocycles. The minimum absolute atomic E-state index is 0.0301. The fraction of sp³-hybridized carbons (Fsp3) is 0.294. The van der Waals surface area contributed by atoms with Crippen molar-refractivity contribution in [2.24, 2.45) is 0 Å². The molecule has 0 aliphatic rings. The first kappa shape index (κ1) is 15.2. The largest absolute Gasteiger partial charge is 0.486 e. The Labute approximate surface area is 124 Å². The van der Waals surface area contributed by atoms with Crippen molar-refractivity contribution in [1.82, 2.24) is 4.98 Å². The second-order valence-corrected chi connectivity index (χ2v) is 4.98. The van der Waals surface area contributed by atoms with Gasteiger partial charge in [0.25, 0.3) is 0 Å². The zero-order valence-corrected chi connectivity index (χ0v) is 12.0. The van der Waals surface area contributed by atoms with Crippen LogP contribution in [0, 0.1) is 0 Å². The first-order chi connectivity index (χ1) is 10.1. The molecule has 4 heteroatoms. The molecule has 1 N–H and O–H groups in total. The van der Waals surface area contributed by atoms with Crippen molar-refractivity contribution >= 4 is 5.78 Å². The summed E-state index contributed by atoms with van der Waals surface area (Å²) in [7, 11) is 0. The number of benzene rings is 1. The van der Waals surface area contributed by atoms with Gasteiger partial charge in [0.15, 0.2) is 5.78 Å². The number of hydrogen-bond acceptors (Lipinski definition) is 4. The van der Waals surface area contributed by atoms with E-state index >= 15 is 0 Å². The Bertz CT molecular complexity index is 584. The molecule has 0 unspecified atom stereocenters. The summed E-state index contributed by atoms with van der Waals surface area (Å²) in [5.74, 6) is 0.570. The monoisotopic (exact) mass is 285 g/mol. The first-order valence-electron chi connectivity index (χ1n) is 6.94. The zero-order valence-electron chi connectivity index (χ0n) is 12.0. The lowest BCUT2D eigenvalue weighted by molar-refractivity contribution is -0.118. The van der Waals surface area contributed by atoms with Gasteiger partial charge in [0, 0.05) is 12.4 Å². The van der Waals surface area contributed by atoms with Gasteiger partial charge in [-0.1, -0.05) is 18.2 Å². The number of rotatable bonds is 7. The van der Waals surface area contributed by atoms with E-state index in [1.165, 1.54) is 6.92 Å². The molecule has 0 aliphatic carbocycles. The molecule has 1 aromatic carbocycles. The lowest BCUT2D eigenvalue weighted by atomic mass is 10.0. The number of carbonyl (C=O) groups is 1. The summed E-state index contributed by atoms with van der Waals surface area (Å²) in [5.41, 5.74) is 1.89. The summed E-state index contributed by atoms with van der Waals surface area (Å²) >= 11 is 0. The van der Waals surface area contributed by atoms with E-state index in [1.807, 2.05) is 24.3 Å². The minimum atomic E-state index is -0.564. The normalized spacial score (nSPS) is 11.9. The molecule has 21 heavy (non-hydrogen) atoms. The van der Waals surface area contributed by atoms with Crippen LogP contribution < -0.4 is 4.74 Å². The molecule has 0 saturated carbocycles. The number of aryl methyl sites for hydroxylation is 1. The second-order valence-electron chi connectivity index (χ2n) is 4.98. The molecule has 0 amide bonds. The van der Waals surface area contributed by atoms with Crippen molar-refractivity contribution in [3.05, 3.63) is 59.9 Å². The highest BCUT2D eigenvalue weighted by atomic mass is 16.5. The number of nitrogens with zero attached hydrogens (tertiary/aromatic N) is 1. The van der Waals surface area contributed by atoms with Crippen LogP contribution in [0.25, 0.3) is 0 Å². The van der Waals surface area contributed by atoms with Gasteiger partial charge in [-0.2, -0.15) is 0 Å². The molecule has 110 valence electrons. The van der Waals surface area contributed by atoms with E-state index in [-0.39, 0.29) is 12.4 Å². The maximum atomic E-state index is 10.9. The van der Waals surface area contributed by atoms with Gasteiger partial charge in [0.05, 0.1) is 6.10 Å². The van der Waals surface area contributed by atoms with Crippen molar-refractivity contribution < 1.29 is 14.6 Å². The van der Waals surface area contributed by atoms with E-state index in [2.05, 4.69) is 4.98 Å². The topological polar surface area (TPSA) is 59.4 Å². The molecule has 0 spiro atoms. The predicted molar refractivity (Wildman–Crippen MR) is 80.1 cm³/mol. The number of carbonyl (C=O) groups excluding carboxylic acids is 1. The van der Waals surface area contributed by atoms with Crippen LogP contribution in [0.3, 0.4) is 0 Å². The Morgan fingerprint density at radius 1 is 1.33 bits per heavy atom. The molecule has 0 saturated heterocycles. The average molecular weight is 285 g/mol. The number of hydrogen-bond donors (Lipinski definition) is 1. The van der Waals surface area contributed by atoms with Crippen LogP contribution >= 0.6 is 0 Å². The van der Waals surface area contributed by atoms with E-state index in [4.69, 9.17) is 4.74 Å². The molecule has 0 radical (unpaired) electrons. The number of aromatic nitrogens is 1. The summed E-state index contributed by atoms with van der Waals surface area (Å²) in [6.07, 6.45) is 4.34. The molecule has 1 atom stereocenters. The number of aliphatic hydroxyl groups excluding tert-OH is 1. The number of pyridine rings is 1. The van der Waals surface area contributed by atoms with Crippen molar-refractivity contribution in [3.63, 3.8) is 0 Å². The standard InChI is InChI=1S/C17H19NO3/c1-13(19)12-21-16-6-2-5-15(10-16)17(20)8-7-14-4-3-9-18-11-14/h2-6,9-11,17,20H,7-8,12H2,1H3/t17-/m1/s1. The molecular weight excluding hydrogens is 266 g/mol. The molecule has 1 heterocycles. The molecule has 0 fully saturated rings. The number of ketones is 1. The van der Waals surface area contributed by atoms with E-state index in [1.54, 1.807) is 24.5 Å². The van der Waals surface area contributed by atoms with Crippen molar-refractivity contribution in [1.29, 1.82) is 0 Å². The van der Waals surface area contributed by atoms with Crippen LogP contribution in [0.2, 0.25) is 0 Å². The van der Waals surface area contributed by atoms with E-state index in [9.17, 15) is 9.90 Å². The average Bonchev–Trinajstić information content (AvgIpc) is 2.52. The molecular formula is C17H19NO3. The van der Waals surface area contributed by atoms with Gasteiger partial charge in [0.1, 0.15) is 12.4 Å². The van der Waals surface area contributed by atoms with Crippen LogP contribution in [0.15, 0.2) is 48.8 Å². The summed E-state index contributed by atoms with van der Waals surface area (Å²) in [6.45, 7) is 1.53. The van der Waals surface area contributed by atoms with Gasteiger partial charge in [-0.15, -0.1) is 0 Å². The van der Waals surface area contributed by atoms with Crippen LogP contribution in [0.1, 0.15) is 30.6 Å². The Morgan fingerprint density at radius 2 is 2.19 bits per heavy atom. The van der Waals surface area contributed by atoms with Crippen LogP contribution in [-0.4, -0.2) is 22.5 Å². The van der Waals surface area contributed by atoms with Gasteiger partial charge in [-0.3, -0.25) is 9.78 Å². The Hall–Kier alpha value is -2.20. The van der Waals surface area contributed by atoms with E-state index in [0.29, 0.717) is 12.2 Å². The lowest BCUT2D eigenvalue weighted by Crippen LogP contribution is -2.07. The minimum Gasteiger partial charge on any atom is -0.486 e. The van der Waals surface area contributed by atoms with E-state index in [0.717, 1.165) is 17.5 Å². The zero-order chi connectivity index (χ0) is 15.1. The van der Waals surface area contributed by atoms with Gasteiger partial charge in [-0.25, -0.2) is 0 Å². The third-order valence-corrected chi connectivity index (χ3v) is 3.11. The quantitative estimate of drug-likeness (QED) is 0.849. The first-order valence-corrected chi connectivity index (χ1v) is 6.94. The fourth-order valence-corrected chi connectivity index (χ4v) is 2.01. The highest BCUT2D eigenvalue weighted by Crippen LogP contribution is 2.23. The molecule has 2 aromatic rings. The summed E-state index contributed by atoms with van der Waals surface area (Å²) in [4.78, 5) is 15.0. The number of ether oxygens (including phenoxy) is 1. The Morgan fingerprint density at radius 3 is 2.90 bits per heavy atom. The molecule has 2 rings (SSSR count). The van der Waals surface area contributed by atoms with Crippen molar-refractivity contribution in [2.45, 2.75) is 25.9 Å². The lowest BCUT2D eigenvalue weighted by Gasteiger charge is -2.12. The Balaban J connectivity index is 1.94. The second kappa shape index (κ2) is 7.55. The van der Waals surface area contributed by atoms with Crippen molar-refractivity contribution in [3.8, 4) is 5.75 Å². The van der Waals surface area contributed by atoms with Crippen LogP contribution in [0.5, 0.6) is 5.75 Å². The summed E-state index contributed by atoms with van der Waals surface area (Å²) in [5, 5.41) is 10.2. The third kappa shape index (κ3) is 5.00. The highest BCUT2D eigenvalue weighted by Gasteiger charge is 2.09. The highest BCUT2D eigenvalue weighted by molar-refractivity contribution is 5.77. The predicted octanol–water partition coefficient (Wildman–Crippen LogP) is 2.72. The maximum absolute atomic E-state index is 10.9. The van der Waals surface area contributed by atoms with Crippen molar-refractivity contribution in [2.75, 3.05) is 6.61 Å². The maximum Gasteiger partial charge on any atom is 0.167 e. The SMILES string of the molecule is CC(=O)COc1cccc([C@H](O)CCc2cccnc2)c1. The van der Waals surface area contributed by atoms with Gasteiger partial charge in [-0.05, 0) is 49.1 Å². The molecule has 0 bridgehead atoms. The van der Waals surface area contributed by atoms with Gasteiger partial charge in [0.2, 0.25) is 0 Å². The number of aliphatic hydroxyl groups is 1. The summed E-state index contributed by atoms with van der Waals surface area (Å²) < 4.78 is 5.35. The Kier molecular flexibility index (Phi) is 5.46.